The van der Waals surface area contributed by atoms with Crippen LogP contribution >= 0.6 is 0 Å². The average Bonchev–Trinajstić information content (AvgIpc) is 3.47. The zero-order valence-electron chi connectivity index (χ0n) is 21.2. The number of carboxylic acids is 1. The van der Waals surface area contributed by atoms with Crippen LogP contribution in [0.2, 0.25) is 0 Å². The van der Waals surface area contributed by atoms with Crippen molar-refractivity contribution in [3.8, 4) is 0 Å². The summed E-state index contributed by atoms with van der Waals surface area (Å²) >= 11 is 0. The van der Waals surface area contributed by atoms with Crippen LogP contribution in [0.15, 0.2) is 22.7 Å². The predicted molar refractivity (Wildman–Crippen MR) is 132 cm³/mol. The number of aliphatic carboxylic acids is 1. The monoisotopic (exact) mass is 484 g/mol. The molecule has 0 radical (unpaired) electrons. The Morgan fingerprint density at radius 1 is 1.23 bits per heavy atom. The third-order valence-electron chi connectivity index (χ3n) is 7.20. The third-order valence-corrected chi connectivity index (χ3v) is 7.20. The molecule has 2 N–H and O–H groups in total. The molecule has 0 aliphatic heterocycles. The first-order chi connectivity index (χ1) is 16.5. The highest BCUT2D eigenvalue weighted by Gasteiger charge is 2.42. The molecule has 4 rings (SSSR count). The van der Waals surface area contributed by atoms with E-state index in [2.05, 4.69) is 31.2 Å². The van der Waals surface area contributed by atoms with Crippen molar-refractivity contribution in [2.24, 2.45) is 11.3 Å². The predicted octanol–water partition coefficient (Wildman–Crippen LogP) is 6.91. The molecule has 1 aromatic heterocycles. The van der Waals surface area contributed by atoms with Crippen molar-refractivity contribution in [3.05, 3.63) is 46.6 Å². The van der Waals surface area contributed by atoms with Crippen LogP contribution in [-0.4, -0.2) is 22.1 Å². The summed E-state index contributed by atoms with van der Waals surface area (Å²) in [4.78, 5) is 24.2. The molecule has 0 saturated heterocycles. The molecule has 190 valence electrons. The van der Waals surface area contributed by atoms with Crippen LogP contribution in [0.5, 0.6) is 0 Å². The number of nitrogens with one attached hydrogen (secondary N) is 1. The van der Waals surface area contributed by atoms with Crippen molar-refractivity contribution in [2.45, 2.75) is 96.8 Å². The van der Waals surface area contributed by atoms with Gasteiger partial charge in [-0.1, -0.05) is 32.0 Å². The Morgan fingerprint density at radius 2 is 1.94 bits per heavy atom. The number of aryl methyl sites for hydroxylation is 1. The zero-order chi connectivity index (χ0) is 25.3. The Balaban J connectivity index is 1.51. The van der Waals surface area contributed by atoms with E-state index in [0.29, 0.717) is 23.2 Å². The van der Waals surface area contributed by atoms with Gasteiger partial charge in [0.25, 0.3) is 0 Å². The maximum Gasteiger partial charge on any atom is 0.303 e. The van der Waals surface area contributed by atoms with Gasteiger partial charge in [0.15, 0.2) is 0 Å². The number of carbonyl (C=O) groups is 2. The summed E-state index contributed by atoms with van der Waals surface area (Å²) in [5.74, 6) is 0.184. The van der Waals surface area contributed by atoms with Gasteiger partial charge >= 0.3 is 5.97 Å². The van der Waals surface area contributed by atoms with Gasteiger partial charge in [0.2, 0.25) is 5.91 Å². The van der Waals surface area contributed by atoms with Gasteiger partial charge in [-0.05, 0) is 80.4 Å². The van der Waals surface area contributed by atoms with E-state index in [1.165, 1.54) is 12.5 Å². The molecule has 1 heterocycles. The third kappa shape index (κ3) is 6.50. The van der Waals surface area contributed by atoms with Crippen LogP contribution in [-0.2, 0) is 9.59 Å². The van der Waals surface area contributed by atoms with E-state index in [1.807, 2.05) is 0 Å². The van der Waals surface area contributed by atoms with E-state index in [0.717, 1.165) is 48.3 Å². The fourth-order valence-electron chi connectivity index (χ4n) is 5.46. The summed E-state index contributed by atoms with van der Waals surface area (Å²) in [5.41, 5.74) is 3.02. The van der Waals surface area contributed by atoms with Gasteiger partial charge in [-0.25, -0.2) is 4.39 Å². The number of amides is 1. The lowest BCUT2D eigenvalue weighted by Gasteiger charge is -2.38. The van der Waals surface area contributed by atoms with E-state index in [-0.39, 0.29) is 30.9 Å². The number of halogens is 1. The molecule has 35 heavy (non-hydrogen) atoms. The van der Waals surface area contributed by atoms with Crippen LogP contribution in [0.1, 0.15) is 112 Å². The lowest BCUT2D eigenvalue weighted by atomic mass is 9.66. The van der Waals surface area contributed by atoms with Crippen molar-refractivity contribution in [3.63, 3.8) is 0 Å². The summed E-state index contributed by atoms with van der Waals surface area (Å²) in [6.07, 6.45) is 5.71. The molecule has 2 aliphatic carbocycles. The van der Waals surface area contributed by atoms with Crippen LogP contribution in [0.25, 0.3) is 0 Å². The number of hydrogen-bond acceptors (Lipinski definition) is 4. The van der Waals surface area contributed by atoms with Gasteiger partial charge in [0.1, 0.15) is 11.6 Å². The summed E-state index contributed by atoms with van der Waals surface area (Å²) < 4.78 is 20.2. The molecule has 0 unspecified atom stereocenters. The largest absolute Gasteiger partial charge is 0.481 e. The first kappa shape index (κ1) is 25.4. The van der Waals surface area contributed by atoms with E-state index in [1.54, 1.807) is 19.1 Å². The molecule has 1 aromatic carbocycles. The van der Waals surface area contributed by atoms with Crippen molar-refractivity contribution in [2.75, 3.05) is 5.32 Å². The number of hydrogen-bond donors (Lipinski definition) is 2. The highest BCUT2D eigenvalue weighted by atomic mass is 19.1. The maximum atomic E-state index is 14.3. The SMILES string of the molecule is Cc1ccc(NC(=O)C[C@H](CCC(=O)O)c2noc([C@H]3C[C@@H](CC(C)(C)C)C3)c2C2CC2)c(F)c1. The van der Waals surface area contributed by atoms with Gasteiger partial charge in [-0.15, -0.1) is 0 Å². The van der Waals surface area contributed by atoms with E-state index < -0.39 is 17.7 Å². The van der Waals surface area contributed by atoms with Gasteiger partial charge in [-0.2, -0.15) is 0 Å². The lowest BCUT2D eigenvalue weighted by Crippen LogP contribution is -2.26. The number of carbonyl (C=O) groups excluding carboxylic acids is 1. The normalized spacial score (nSPS) is 20.8. The Labute approximate surface area is 206 Å². The molecule has 6 nitrogen and oxygen atoms in total. The minimum absolute atomic E-state index is 0.0314. The van der Waals surface area contributed by atoms with Crippen molar-refractivity contribution in [1.82, 2.24) is 5.16 Å². The van der Waals surface area contributed by atoms with Gasteiger partial charge in [0.05, 0.1) is 11.4 Å². The number of aromatic nitrogens is 1. The van der Waals surface area contributed by atoms with Crippen LogP contribution in [0.3, 0.4) is 0 Å². The van der Waals surface area contributed by atoms with Gasteiger partial charge in [-0.3, -0.25) is 9.59 Å². The molecule has 0 bridgehead atoms. The Bertz CT molecular complexity index is 1080. The summed E-state index contributed by atoms with van der Waals surface area (Å²) in [6.45, 7) is 8.58. The van der Waals surface area contributed by atoms with Crippen molar-refractivity contribution in [1.29, 1.82) is 0 Å². The fourth-order valence-corrected chi connectivity index (χ4v) is 5.46. The highest BCUT2D eigenvalue weighted by Crippen LogP contribution is 2.53. The first-order valence-corrected chi connectivity index (χ1v) is 12.8. The topological polar surface area (TPSA) is 92.4 Å². The molecule has 7 heteroatoms. The minimum Gasteiger partial charge on any atom is -0.481 e. The van der Waals surface area contributed by atoms with Crippen LogP contribution in [0, 0.1) is 24.1 Å². The lowest BCUT2D eigenvalue weighted by molar-refractivity contribution is -0.137. The second-order valence-electron chi connectivity index (χ2n) is 11.8. The molecular formula is C28H37FN2O4. The number of rotatable bonds is 10. The first-order valence-electron chi connectivity index (χ1n) is 12.8. The second-order valence-corrected chi connectivity index (χ2v) is 11.8. The molecule has 2 fully saturated rings. The number of benzene rings is 1. The molecule has 2 saturated carbocycles. The molecular weight excluding hydrogens is 447 g/mol. The summed E-state index contributed by atoms with van der Waals surface area (Å²) in [6, 6.07) is 4.66. The molecule has 1 amide bonds. The Kier molecular flexibility index (Phi) is 7.34. The maximum absolute atomic E-state index is 14.3. The van der Waals surface area contributed by atoms with E-state index in [4.69, 9.17) is 4.52 Å². The molecule has 2 aromatic rings. The second kappa shape index (κ2) is 10.1. The molecule has 0 spiro atoms. The summed E-state index contributed by atoms with van der Waals surface area (Å²) in [7, 11) is 0. The number of nitrogens with zero attached hydrogens (tertiary/aromatic N) is 1. The number of anilines is 1. The quantitative estimate of drug-likeness (QED) is 0.382. The molecule has 2 aliphatic rings. The highest BCUT2D eigenvalue weighted by molar-refractivity contribution is 5.91. The summed E-state index contributed by atoms with van der Waals surface area (Å²) in [5, 5.41) is 16.4. The molecule has 1 atom stereocenters. The Hall–Kier alpha value is -2.70. The van der Waals surface area contributed by atoms with Crippen molar-refractivity contribution < 1.29 is 23.6 Å². The fraction of sp³-hybridized carbons (Fsp3) is 0.607. The van der Waals surface area contributed by atoms with E-state index >= 15 is 0 Å². The van der Waals surface area contributed by atoms with E-state index in [9.17, 15) is 19.1 Å². The minimum atomic E-state index is -0.916. The van der Waals surface area contributed by atoms with Gasteiger partial charge in [0, 0.05) is 30.2 Å². The zero-order valence-corrected chi connectivity index (χ0v) is 21.2. The van der Waals surface area contributed by atoms with Crippen LogP contribution in [0.4, 0.5) is 10.1 Å². The standard InChI is InChI=1S/C28H37FN2O4/c1-16-5-9-22(21(29)11-16)30-23(32)14-19(8-10-24(33)34)26-25(18-6-7-18)27(35-31-26)20-12-17(13-20)15-28(2,3)4/h5,9,11,17-20H,6-8,10,12-15H2,1-4H3,(H,30,32)(H,33,34)/t17-,19-,20+/m0/s1. The smallest absolute Gasteiger partial charge is 0.303 e. The van der Waals surface area contributed by atoms with Crippen LogP contribution < -0.4 is 5.32 Å². The van der Waals surface area contributed by atoms with Gasteiger partial charge < -0.3 is 14.9 Å². The number of carboxylic acid groups (broad SMARTS) is 1. The average molecular weight is 485 g/mol. The van der Waals surface area contributed by atoms with Crippen molar-refractivity contribution >= 4 is 17.6 Å². The Morgan fingerprint density at radius 3 is 2.54 bits per heavy atom.